The zero-order valence-corrected chi connectivity index (χ0v) is 19.3. The highest BCUT2D eigenvalue weighted by atomic mass is 32.1. The van der Waals surface area contributed by atoms with Crippen molar-refractivity contribution in [2.75, 3.05) is 12.4 Å². The number of halogens is 1. The topological polar surface area (TPSA) is 92.9 Å². The van der Waals surface area contributed by atoms with Crippen LogP contribution in [0.1, 0.15) is 34.8 Å². The van der Waals surface area contributed by atoms with Gasteiger partial charge >= 0.3 is 0 Å². The van der Waals surface area contributed by atoms with Crippen LogP contribution in [0.15, 0.2) is 48.7 Å². The number of nitrogens with zero attached hydrogens (tertiary/aromatic N) is 2. The number of carbonyl (C=O) groups excluding carboxylic acids is 2. The number of imidazole rings is 1. The van der Waals surface area contributed by atoms with Gasteiger partial charge in [-0.15, -0.1) is 0 Å². The number of hydrogen-bond donors (Lipinski definition) is 2. The molecule has 4 aromatic rings. The minimum absolute atomic E-state index is 0.0851. The summed E-state index contributed by atoms with van der Waals surface area (Å²) in [5.74, 6) is -1.86. The van der Waals surface area contributed by atoms with Gasteiger partial charge in [-0.2, -0.15) is 0 Å². The largest absolute Gasteiger partial charge is 0.496 e. The van der Waals surface area contributed by atoms with E-state index in [1.54, 1.807) is 32.0 Å². The molecule has 2 N–H and O–H groups in total. The Morgan fingerprint density at radius 1 is 1.18 bits per heavy atom. The Kier molecular flexibility index (Phi) is 5.77. The molecule has 9 heteroatoms. The highest BCUT2D eigenvalue weighted by Gasteiger charge is 2.25. The molecule has 0 saturated carbocycles. The van der Waals surface area contributed by atoms with E-state index >= 15 is 0 Å². The average Bonchev–Trinajstić information content (AvgIpc) is 3.31. The molecule has 0 unspecified atom stereocenters. The highest BCUT2D eigenvalue weighted by Crippen LogP contribution is 2.35. The second-order valence-corrected chi connectivity index (χ2v) is 9.07. The SMILES string of the molecule is COc1ccc(-c2c(C)nc3sc(C(C)(C)O)cn23)cc1C(=O)C(=O)Nc1ccc(F)cc1. The second kappa shape index (κ2) is 8.42. The summed E-state index contributed by atoms with van der Waals surface area (Å²) in [6.07, 6.45) is 1.82. The van der Waals surface area contributed by atoms with Gasteiger partial charge in [0.1, 0.15) is 11.6 Å². The van der Waals surface area contributed by atoms with Crippen LogP contribution in [0, 0.1) is 12.7 Å². The maximum Gasteiger partial charge on any atom is 0.296 e. The number of Topliss-reactive ketones (excluding diaryl/α,β-unsaturated/α-hetero) is 1. The molecule has 0 radical (unpaired) electrons. The van der Waals surface area contributed by atoms with Gasteiger partial charge in [0, 0.05) is 17.4 Å². The first-order chi connectivity index (χ1) is 15.6. The predicted molar refractivity (Wildman–Crippen MR) is 124 cm³/mol. The van der Waals surface area contributed by atoms with Gasteiger partial charge in [-0.25, -0.2) is 9.37 Å². The molecule has 0 fully saturated rings. The van der Waals surface area contributed by atoms with Crippen molar-refractivity contribution in [1.29, 1.82) is 0 Å². The van der Waals surface area contributed by atoms with Crippen LogP contribution >= 0.6 is 11.3 Å². The second-order valence-electron chi connectivity index (χ2n) is 8.06. The molecule has 2 aromatic carbocycles. The first-order valence-corrected chi connectivity index (χ1v) is 10.9. The first kappa shape index (κ1) is 22.6. The standard InChI is InChI=1S/C24H22FN3O4S/c1-13-20(28-12-19(24(2,3)31)33-23(28)26-13)14-5-10-18(32-4)17(11-14)21(29)22(30)27-16-8-6-15(25)7-9-16/h5-12,31H,1-4H3,(H,27,30). The number of nitrogens with one attached hydrogen (secondary N) is 1. The van der Waals surface area contributed by atoms with Crippen LogP contribution in [0.5, 0.6) is 5.75 Å². The van der Waals surface area contributed by atoms with Crippen LogP contribution in [0.25, 0.3) is 16.2 Å². The molecule has 0 aliphatic carbocycles. The molecule has 0 spiro atoms. The number of aliphatic hydroxyl groups is 1. The van der Waals surface area contributed by atoms with Gasteiger partial charge in [-0.1, -0.05) is 11.3 Å². The van der Waals surface area contributed by atoms with Gasteiger partial charge in [0.05, 0.1) is 34.5 Å². The highest BCUT2D eigenvalue weighted by molar-refractivity contribution is 7.17. The number of aryl methyl sites for hydroxylation is 1. The molecular weight excluding hydrogens is 445 g/mol. The van der Waals surface area contributed by atoms with Gasteiger partial charge in [-0.05, 0) is 63.2 Å². The Labute approximate surface area is 193 Å². The minimum atomic E-state index is -1.02. The average molecular weight is 468 g/mol. The molecule has 170 valence electrons. The van der Waals surface area contributed by atoms with E-state index < -0.39 is 23.1 Å². The number of carbonyl (C=O) groups is 2. The van der Waals surface area contributed by atoms with Crippen molar-refractivity contribution in [3.63, 3.8) is 0 Å². The minimum Gasteiger partial charge on any atom is -0.496 e. The molecule has 0 bridgehead atoms. The number of anilines is 1. The van der Waals surface area contributed by atoms with E-state index in [1.165, 1.54) is 42.7 Å². The van der Waals surface area contributed by atoms with Crippen LogP contribution < -0.4 is 10.1 Å². The summed E-state index contributed by atoms with van der Waals surface area (Å²) in [5.41, 5.74) is 1.52. The van der Waals surface area contributed by atoms with Crippen molar-refractivity contribution in [3.8, 4) is 17.0 Å². The van der Waals surface area contributed by atoms with Gasteiger partial charge in [-0.3, -0.25) is 14.0 Å². The lowest BCUT2D eigenvalue weighted by molar-refractivity contribution is -0.112. The van der Waals surface area contributed by atoms with Gasteiger partial charge in [0.25, 0.3) is 11.7 Å². The maximum atomic E-state index is 13.1. The zero-order valence-electron chi connectivity index (χ0n) is 18.5. The Bertz CT molecular complexity index is 1370. The van der Waals surface area contributed by atoms with Gasteiger partial charge < -0.3 is 15.2 Å². The van der Waals surface area contributed by atoms with Crippen molar-refractivity contribution in [2.45, 2.75) is 26.4 Å². The third kappa shape index (κ3) is 4.37. The summed E-state index contributed by atoms with van der Waals surface area (Å²) in [6.45, 7) is 5.26. The van der Waals surface area contributed by atoms with Gasteiger partial charge in [0.15, 0.2) is 4.96 Å². The van der Waals surface area contributed by atoms with Crippen molar-refractivity contribution in [1.82, 2.24) is 9.38 Å². The van der Waals surface area contributed by atoms with E-state index in [2.05, 4.69) is 10.3 Å². The summed E-state index contributed by atoms with van der Waals surface area (Å²) < 4.78 is 20.3. The lowest BCUT2D eigenvalue weighted by Gasteiger charge is -2.13. The van der Waals surface area contributed by atoms with Crippen molar-refractivity contribution in [2.24, 2.45) is 0 Å². The zero-order chi connectivity index (χ0) is 23.9. The Morgan fingerprint density at radius 3 is 2.52 bits per heavy atom. The van der Waals surface area contributed by atoms with Crippen LogP contribution in [0.4, 0.5) is 10.1 Å². The van der Waals surface area contributed by atoms with E-state index in [9.17, 15) is 19.1 Å². The molecule has 4 rings (SSSR count). The van der Waals surface area contributed by atoms with Crippen molar-refractivity contribution >= 4 is 33.7 Å². The molecule has 0 aliphatic rings. The lowest BCUT2D eigenvalue weighted by Crippen LogP contribution is -2.23. The molecule has 2 aromatic heterocycles. The summed E-state index contributed by atoms with van der Waals surface area (Å²) >= 11 is 1.38. The first-order valence-electron chi connectivity index (χ1n) is 10.1. The fourth-order valence-corrected chi connectivity index (χ4v) is 4.49. The molecule has 7 nitrogen and oxygen atoms in total. The predicted octanol–water partition coefficient (Wildman–Crippen LogP) is 4.57. The van der Waals surface area contributed by atoms with E-state index in [1.807, 2.05) is 17.5 Å². The maximum absolute atomic E-state index is 13.1. The number of methoxy groups -OCH3 is 1. The van der Waals surface area contributed by atoms with E-state index in [0.717, 1.165) is 16.3 Å². The Balaban J connectivity index is 1.73. The number of ketones is 1. The third-order valence-corrected chi connectivity index (χ3v) is 6.42. The summed E-state index contributed by atoms with van der Waals surface area (Å²) in [5, 5.41) is 12.8. The van der Waals surface area contributed by atoms with E-state index in [-0.39, 0.29) is 11.3 Å². The summed E-state index contributed by atoms with van der Waals surface area (Å²) in [7, 11) is 1.42. The monoisotopic (exact) mass is 467 g/mol. The Hall–Kier alpha value is -3.56. The number of hydrogen-bond acceptors (Lipinski definition) is 6. The number of aromatic nitrogens is 2. The molecule has 2 heterocycles. The van der Waals surface area contributed by atoms with Crippen LogP contribution in [-0.2, 0) is 10.4 Å². The Morgan fingerprint density at radius 2 is 1.88 bits per heavy atom. The molecule has 0 atom stereocenters. The third-order valence-electron chi connectivity index (χ3n) is 5.13. The fourth-order valence-electron chi connectivity index (χ4n) is 3.46. The fraction of sp³-hybridized carbons (Fsp3) is 0.208. The number of benzene rings is 2. The molecule has 1 amide bonds. The lowest BCUT2D eigenvalue weighted by atomic mass is 10.0. The van der Waals surface area contributed by atoms with Crippen molar-refractivity contribution in [3.05, 3.63) is 70.6 Å². The summed E-state index contributed by atoms with van der Waals surface area (Å²) in [6, 6.07) is 10.1. The number of thiazole rings is 1. The van der Waals surface area contributed by atoms with E-state index in [0.29, 0.717) is 16.2 Å². The molecular formula is C24H22FN3O4S. The van der Waals surface area contributed by atoms with Crippen molar-refractivity contribution < 1.29 is 23.8 Å². The number of amides is 1. The van der Waals surface area contributed by atoms with Gasteiger partial charge in [0.2, 0.25) is 0 Å². The molecule has 33 heavy (non-hydrogen) atoms. The van der Waals surface area contributed by atoms with Crippen LogP contribution in [0.3, 0.4) is 0 Å². The smallest absolute Gasteiger partial charge is 0.296 e. The van der Waals surface area contributed by atoms with Crippen LogP contribution in [0.2, 0.25) is 0 Å². The molecule has 0 aliphatic heterocycles. The number of fused-ring (bicyclic) bond motifs is 1. The van der Waals surface area contributed by atoms with E-state index in [4.69, 9.17) is 4.74 Å². The quantitative estimate of drug-likeness (QED) is 0.320. The number of rotatable bonds is 6. The van der Waals surface area contributed by atoms with Crippen LogP contribution in [-0.4, -0.2) is 33.3 Å². The number of ether oxygens (including phenoxy) is 1. The summed E-state index contributed by atoms with van der Waals surface area (Å²) in [4.78, 5) is 31.6. The normalized spacial score (nSPS) is 11.6. The molecule has 0 saturated heterocycles.